The molecule has 0 aliphatic heterocycles. The number of H-pyrrole nitrogens is 1. The number of hydrogen-bond donors (Lipinski definition) is 4. The average Bonchev–Trinajstić information content (AvgIpc) is 2.68. The number of carbonyl (C=O) groups excluding carboxylic acids is 1. The van der Waals surface area contributed by atoms with E-state index in [1.807, 2.05) is 30.3 Å². The van der Waals surface area contributed by atoms with Crippen LogP contribution in [0.4, 0.5) is 11.5 Å². The molecule has 5 N–H and O–H groups in total. The summed E-state index contributed by atoms with van der Waals surface area (Å²) in [5, 5.41) is 5.56. The molecule has 0 saturated carbocycles. The van der Waals surface area contributed by atoms with Crippen LogP contribution in [0.2, 0.25) is 0 Å². The Morgan fingerprint density at radius 3 is 2.52 bits per heavy atom. The fourth-order valence-electron chi connectivity index (χ4n) is 2.51. The molecule has 1 heterocycles. The molecule has 29 heavy (non-hydrogen) atoms. The first-order valence-electron chi connectivity index (χ1n) is 8.67. The topological polar surface area (TPSA) is 140 Å². The third-order valence-electron chi connectivity index (χ3n) is 3.96. The zero-order valence-electron chi connectivity index (χ0n) is 16.3. The summed E-state index contributed by atoms with van der Waals surface area (Å²) in [6.07, 6.45) is 0. The molecule has 0 saturated heterocycles. The van der Waals surface area contributed by atoms with E-state index in [2.05, 4.69) is 15.6 Å². The van der Waals surface area contributed by atoms with Gasteiger partial charge in [0.25, 0.3) is 5.56 Å². The maximum absolute atomic E-state index is 12.4. The van der Waals surface area contributed by atoms with Gasteiger partial charge < -0.3 is 25.8 Å². The van der Waals surface area contributed by atoms with Gasteiger partial charge in [-0.3, -0.25) is 19.1 Å². The number of nitrogens with two attached hydrogens (primary N) is 1. The first kappa shape index (κ1) is 24.4. The van der Waals surface area contributed by atoms with Crippen LogP contribution >= 0.6 is 12.4 Å². The lowest BCUT2D eigenvalue weighted by Gasteiger charge is -2.19. The first-order valence-corrected chi connectivity index (χ1v) is 8.67. The van der Waals surface area contributed by atoms with Crippen LogP contribution in [0, 0.1) is 0 Å². The molecule has 1 unspecified atom stereocenters. The molecular weight excluding hydrogens is 402 g/mol. The van der Waals surface area contributed by atoms with Crippen LogP contribution in [0.3, 0.4) is 0 Å². The van der Waals surface area contributed by atoms with Gasteiger partial charge in [0.1, 0.15) is 17.5 Å². The highest BCUT2D eigenvalue weighted by Gasteiger charge is 2.20. The number of ether oxygens (including phenoxy) is 2. The maximum Gasteiger partial charge on any atom is 0.330 e. The van der Waals surface area contributed by atoms with Gasteiger partial charge in [-0.2, -0.15) is 0 Å². The highest BCUT2D eigenvalue weighted by Crippen LogP contribution is 2.16. The molecule has 160 valence electrons. The molecule has 0 radical (unpaired) electrons. The third-order valence-corrected chi connectivity index (χ3v) is 3.96. The Morgan fingerprint density at radius 2 is 1.90 bits per heavy atom. The van der Waals surface area contributed by atoms with Gasteiger partial charge in [0.05, 0.1) is 19.8 Å². The fraction of sp³-hybridized carbons (Fsp3) is 0.389. The number of anilines is 2. The van der Waals surface area contributed by atoms with Gasteiger partial charge in [-0.15, -0.1) is 12.4 Å². The van der Waals surface area contributed by atoms with E-state index in [9.17, 15) is 14.4 Å². The lowest BCUT2D eigenvalue weighted by atomic mass is 10.2. The van der Waals surface area contributed by atoms with Crippen molar-refractivity contribution in [1.29, 1.82) is 0 Å². The normalized spacial score (nSPS) is 11.4. The lowest BCUT2D eigenvalue weighted by Crippen LogP contribution is -2.42. The van der Waals surface area contributed by atoms with E-state index in [1.54, 1.807) is 0 Å². The van der Waals surface area contributed by atoms with Gasteiger partial charge >= 0.3 is 5.69 Å². The average molecular weight is 428 g/mol. The predicted octanol–water partition coefficient (Wildman–Crippen LogP) is 0.129. The van der Waals surface area contributed by atoms with Crippen LogP contribution in [0.15, 0.2) is 39.9 Å². The fourth-order valence-corrected chi connectivity index (χ4v) is 2.51. The van der Waals surface area contributed by atoms with Crippen molar-refractivity contribution in [3.05, 3.63) is 56.7 Å². The van der Waals surface area contributed by atoms with Gasteiger partial charge in [-0.05, 0) is 5.56 Å². The van der Waals surface area contributed by atoms with E-state index >= 15 is 0 Å². The number of amides is 1. The minimum atomic E-state index is -0.961. The van der Waals surface area contributed by atoms with Crippen LogP contribution in [-0.2, 0) is 27.4 Å². The Morgan fingerprint density at radius 1 is 1.21 bits per heavy atom. The smallest absolute Gasteiger partial charge is 0.330 e. The molecule has 1 atom stereocenters. The second-order valence-electron chi connectivity index (χ2n) is 6.02. The number of rotatable bonds is 10. The van der Waals surface area contributed by atoms with E-state index in [0.717, 1.165) is 5.56 Å². The second-order valence-corrected chi connectivity index (χ2v) is 6.02. The van der Waals surface area contributed by atoms with Gasteiger partial charge in [0, 0.05) is 20.8 Å². The third kappa shape index (κ3) is 6.71. The van der Waals surface area contributed by atoms with E-state index in [1.165, 1.54) is 18.8 Å². The standard InChI is InChI=1S/C18H25N5O5.ClH/c1-27-9-8-23-15(21-16(24)13(19)11-28-2)14(17(25)22-18(23)26)20-10-12-6-4-3-5-7-12;/h3-7,13,20H,8-11,19H2,1-2H3,(H,21,24)(H,22,25,26);1H. The van der Waals surface area contributed by atoms with Gasteiger partial charge in [0.2, 0.25) is 5.91 Å². The van der Waals surface area contributed by atoms with Gasteiger partial charge in [-0.1, -0.05) is 30.3 Å². The number of hydrogen-bond acceptors (Lipinski definition) is 7. The van der Waals surface area contributed by atoms with E-state index in [-0.39, 0.29) is 43.7 Å². The van der Waals surface area contributed by atoms with Crippen molar-refractivity contribution in [1.82, 2.24) is 9.55 Å². The molecule has 0 aliphatic carbocycles. The Kier molecular flexibility index (Phi) is 10.1. The number of nitrogens with zero attached hydrogens (tertiary/aromatic N) is 1. The van der Waals surface area contributed by atoms with Gasteiger partial charge in [-0.25, -0.2) is 4.79 Å². The molecule has 10 nitrogen and oxygen atoms in total. The zero-order valence-corrected chi connectivity index (χ0v) is 17.1. The molecule has 2 aromatic rings. The monoisotopic (exact) mass is 427 g/mol. The Labute approximate surface area is 173 Å². The summed E-state index contributed by atoms with van der Waals surface area (Å²) in [5.74, 6) is -0.556. The highest BCUT2D eigenvalue weighted by atomic mass is 35.5. The summed E-state index contributed by atoms with van der Waals surface area (Å²) in [5.41, 5.74) is 5.42. The number of halogens is 1. The van der Waals surface area contributed by atoms with Gasteiger partial charge in [0.15, 0.2) is 0 Å². The van der Waals surface area contributed by atoms with Crippen LogP contribution in [0.5, 0.6) is 0 Å². The quantitative estimate of drug-likeness (QED) is 0.422. The molecule has 1 aromatic carbocycles. The summed E-state index contributed by atoms with van der Waals surface area (Å²) < 4.78 is 11.1. The van der Waals surface area contributed by atoms with Crippen molar-refractivity contribution in [2.75, 3.05) is 38.1 Å². The summed E-state index contributed by atoms with van der Waals surface area (Å²) in [6.45, 7) is 0.641. The van der Waals surface area contributed by atoms with Crippen molar-refractivity contribution in [3.63, 3.8) is 0 Å². The molecule has 0 aliphatic rings. The SMILES string of the molecule is COCCn1c(NC(=O)C(N)COC)c(NCc2ccccc2)c(=O)[nH]c1=O.Cl. The van der Waals surface area contributed by atoms with Crippen molar-refractivity contribution >= 4 is 29.8 Å². The summed E-state index contributed by atoms with van der Waals surface area (Å²) in [4.78, 5) is 39.3. The summed E-state index contributed by atoms with van der Waals surface area (Å²) >= 11 is 0. The van der Waals surface area contributed by atoms with E-state index in [0.29, 0.717) is 6.54 Å². The Bertz CT molecular complexity index is 900. The maximum atomic E-state index is 12.4. The highest BCUT2D eigenvalue weighted by molar-refractivity contribution is 5.96. The lowest BCUT2D eigenvalue weighted by molar-refractivity contribution is -0.118. The predicted molar refractivity (Wildman–Crippen MR) is 113 cm³/mol. The molecule has 0 bridgehead atoms. The van der Waals surface area contributed by atoms with Crippen molar-refractivity contribution in [3.8, 4) is 0 Å². The van der Waals surface area contributed by atoms with Crippen LogP contribution in [-0.4, -0.2) is 48.9 Å². The Hall–Kier alpha value is -2.66. The number of benzene rings is 1. The minimum absolute atomic E-state index is 0. The second kappa shape index (κ2) is 12.0. The van der Waals surface area contributed by atoms with Crippen LogP contribution < -0.4 is 27.6 Å². The molecular formula is C18H26ClN5O5. The molecule has 0 fully saturated rings. The number of nitrogens with one attached hydrogen (secondary N) is 3. The van der Waals surface area contributed by atoms with Crippen molar-refractivity contribution in [2.45, 2.75) is 19.1 Å². The number of methoxy groups -OCH3 is 2. The van der Waals surface area contributed by atoms with Crippen molar-refractivity contribution < 1.29 is 14.3 Å². The van der Waals surface area contributed by atoms with E-state index in [4.69, 9.17) is 15.2 Å². The Balaban J connectivity index is 0.00000420. The van der Waals surface area contributed by atoms with Crippen LogP contribution in [0.25, 0.3) is 0 Å². The number of carbonyl (C=O) groups is 1. The van der Waals surface area contributed by atoms with Crippen molar-refractivity contribution in [2.24, 2.45) is 5.73 Å². The first-order chi connectivity index (χ1) is 13.5. The molecule has 1 aromatic heterocycles. The number of aromatic amines is 1. The molecule has 2 rings (SSSR count). The molecule has 1 amide bonds. The van der Waals surface area contributed by atoms with E-state index < -0.39 is 23.2 Å². The number of aromatic nitrogens is 2. The van der Waals surface area contributed by atoms with Crippen LogP contribution in [0.1, 0.15) is 5.56 Å². The largest absolute Gasteiger partial charge is 0.383 e. The minimum Gasteiger partial charge on any atom is -0.383 e. The molecule has 0 spiro atoms. The summed E-state index contributed by atoms with van der Waals surface area (Å²) in [7, 11) is 2.90. The zero-order chi connectivity index (χ0) is 20.5. The molecule has 11 heteroatoms. The summed E-state index contributed by atoms with van der Waals surface area (Å²) in [6, 6.07) is 8.42.